The van der Waals surface area contributed by atoms with Gasteiger partial charge in [-0.15, -0.1) is 9.24 Å². The van der Waals surface area contributed by atoms with Crippen molar-refractivity contribution in [2.75, 3.05) is 27.3 Å². The zero-order valence-corrected chi connectivity index (χ0v) is 21.5. The Morgan fingerprint density at radius 1 is 1.19 bits per heavy atom. The highest BCUT2D eigenvalue weighted by Crippen LogP contribution is 2.57. The summed E-state index contributed by atoms with van der Waals surface area (Å²) in [5, 5.41) is 31.6. The smallest absolute Gasteiger partial charge is 0.255 e. The topological polar surface area (TPSA) is 144 Å². The van der Waals surface area contributed by atoms with E-state index in [2.05, 4.69) is 9.24 Å². The van der Waals surface area contributed by atoms with Crippen molar-refractivity contribution in [2.45, 2.75) is 37.1 Å². The molecule has 1 heterocycles. The van der Waals surface area contributed by atoms with Gasteiger partial charge >= 0.3 is 0 Å². The number of phenols is 1. The van der Waals surface area contributed by atoms with Crippen LogP contribution >= 0.6 is 9.24 Å². The Balaban J connectivity index is 1.71. The van der Waals surface area contributed by atoms with Crippen LogP contribution < -0.4 is 5.73 Å². The maximum absolute atomic E-state index is 15.7. The van der Waals surface area contributed by atoms with Crippen LogP contribution in [0.1, 0.15) is 28.7 Å². The highest BCUT2D eigenvalue weighted by atomic mass is 31.0. The van der Waals surface area contributed by atoms with E-state index in [0.717, 1.165) is 0 Å². The number of alkyl halides is 1. The number of aliphatic hydroxyl groups excluding tert-OH is 2. The molecule has 1 aromatic carbocycles. The number of carbonyl (C=O) groups is 3. The minimum atomic E-state index is -1.84. The van der Waals surface area contributed by atoms with Gasteiger partial charge in [0.25, 0.3) is 5.91 Å². The zero-order chi connectivity index (χ0) is 27.1. The summed E-state index contributed by atoms with van der Waals surface area (Å²) in [6.45, 7) is -0.397. The van der Waals surface area contributed by atoms with Crippen molar-refractivity contribution in [3.05, 3.63) is 45.0 Å². The molecule has 1 unspecified atom stereocenters. The van der Waals surface area contributed by atoms with Gasteiger partial charge in [0.05, 0.1) is 11.6 Å². The van der Waals surface area contributed by atoms with E-state index in [-0.39, 0.29) is 66.1 Å². The summed E-state index contributed by atoms with van der Waals surface area (Å²) in [4.78, 5) is 42.5. The number of benzene rings is 1. The van der Waals surface area contributed by atoms with Crippen LogP contribution in [0.15, 0.2) is 16.9 Å². The number of nitrogens with zero attached hydrogens (tertiary/aromatic N) is 2. The van der Waals surface area contributed by atoms with Gasteiger partial charge in [0.2, 0.25) is 0 Å². The molecule has 0 radical (unpaired) electrons. The summed E-state index contributed by atoms with van der Waals surface area (Å²) in [6, 6.07) is -0.988. The molecule has 5 N–H and O–H groups in total. The van der Waals surface area contributed by atoms with Gasteiger partial charge < -0.3 is 21.1 Å². The molecular weight excluding hydrogens is 507 g/mol. The molecule has 1 aromatic rings. The summed E-state index contributed by atoms with van der Waals surface area (Å²) >= 11 is 0. The van der Waals surface area contributed by atoms with E-state index in [1.165, 1.54) is 0 Å². The Hall–Kier alpha value is -2.88. The van der Waals surface area contributed by atoms with E-state index in [1.807, 2.05) is 0 Å². The lowest BCUT2D eigenvalue weighted by Gasteiger charge is -2.51. The van der Waals surface area contributed by atoms with Gasteiger partial charge in [-0.05, 0) is 32.9 Å². The number of hydrogen-bond donors (Lipinski definition) is 4. The fraction of sp³-hybridized carbons (Fsp3) is 0.480. The maximum atomic E-state index is 15.7. The van der Waals surface area contributed by atoms with E-state index in [1.54, 1.807) is 23.9 Å². The van der Waals surface area contributed by atoms with Crippen molar-refractivity contribution < 1.29 is 38.5 Å². The fourth-order valence-electron chi connectivity index (χ4n) is 6.63. The lowest BCUT2D eigenvalue weighted by molar-refractivity contribution is -0.130. The molecule has 0 spiro atoms. The molecule has 9 nitrogen and oxygen atoms in total. The summed E-state index contributed by atoms with van der Waals surface area (Å²) in [7, 11) is 5.46. The first-order valence-corrected chi connectivity index (χ1v) is 12.5. The molecule has 3 aliphatic carbocycles. The lowest BCUT2D eigenvalue weighted by atomic mass is 9.59. The largest absolute Gasteiger partial charge is 0.510 e. The van der Waals surface area contributed by atoms with E-state index in [4.69, 9.17) is 5.73 Å². The van der Waals surface area contributed by atoms with E-state index >= 15 is 4.39 Å². The number of aliphatic hydroxyl groups is 2. The molecule has 1 fully saturated rings. The third kappa shape index (κ3) is 3.33. The lowest BCUT2D eigenvalue weighted by Crippen LogP contribution is -2.63. The average molecular weight is 535 g/mol. The monoisotopic (exact) mass is 535 g/mol. The minimum Gasteiger partial charge on any atom is -0.510 e. The molecule has 1 saturated carbocycles. The van der Waals surface area contributed by atoms with Crippen molar-refractivity contribution in [2.24, 2.45) is 17.6 Å². The number of aromatic hydroxyl groups is 1. The molecule has 37 heavy (non-hydrogen) atoms. The summed E-state index contributed by atoms with van der Waals surface area (Å²) in [5.41, 5.74) is 4.93. The normalized spacial score (nSPS) is 29.4. The number of rotatable bonds is 4. The Kier molecular flexibility index (Phi) is 5.97. The average Bonchev–Trinajstić information content (AvgIpc) is 3.24. The fourth-order valence-corrected chi connectivity index (χ4v) is 7.24. The van der Waals surface area contributed by atoms with Crippen molar-refractivity contribution in [1.82, 2.24) is 9.80 Å². The third-order valence-corrected chi connectivity index (χ3v) is 9.27. The van der Waals surface area contributed by atoms with Crippen molar-refractivity contribution in [1.29, 1.82) is 0 Å². The number of likely N-dealkylation sites (N-methyl/N-ethyl adjacent to an activating group) is 1. The molecule has 1 amide bonds. The van der Waals surface area contributed by atoms with Gasteiger partial charge in [-0.2, -0.15) is 0 Å². The van der Waals surface area contributed by atoms with Crippen LogP contribution in [-0.2, 0) is 33.9 Å². The second-order valence-corrected chi connectivity index (χ2v) is 11.3. The minimum absolute atomic E-state index is 0.0327. The molecule has 5 atom stereocenters. The van der Waals surface area contributed by atoms with Crippen molar-refractivity contribution in [3.8, 4) is 5.75 Å². The molecule has 1 aliphatic heterocycles. The predicted molar refractivity (Wildman–Crippen MR) is 132 cm³/mol. The van der Waals surface area contributed by atoms with Gasteiger partial charge in [0.1, 0.15) is 40.5 Å². The SMILES string of the molecule is CN(C)[C@@H]1C(=O)C(C(N)=O)=C(O)[C@@]2(P)C(=O)C3=C(O)c4c(O)c5c(c(F)c4C[C@H]3C[C@@H]12)CN(CCF)C5. The molecular formula is C25H28F2N3O6P. The molecule has 0 bridgehead atoms. The summed E-state index contributed by atoms with van der Waals surface area (Å²) < 4.78 is 28.7. The van der Waals surface area contributed by atoms with Crippen LogP contribution in [0.4, 0.5) is 8.78 Å². The Morgan fingerprint density at radius 3 is 2.43 bits per heavy atom. The number of ketones is 2. The number of Topliss-reactive ketones (excluding diaryl/α,β-unsaturated/α-hetero) is 2. The van der Waals surface area contributed by atoms with Crippen molar-refractivity contribution in [3.63, 3.8) is 0 Å². The second-order valence-electron chi connectivity index (χ2n) is 10.4. The van der Waals surface area contributed by atoms with Crippen LogP contribution in [0.2, 0.25) is 0 Å². The van der Waals surface area contributed by atoms with Gasteiger partial charge in [-0.25, -0.2) is 8.78 Å². The van der Waals surface area contributed by atoms with Crippen molar-refractivity contribution >= 4 is 32.5 Å². The number of hydrogen-bond acceptors (Lipinski definition) is 8. The van der Waals surface area contributed by atoms with Crippen LogP contribution in [0.5, 0.6) is 5.75 Å². The first-order valence-electron chi connectivity index (χ1n) is 11.9. The quantitative estimate of drug-likeness (QED) is 0.333. The van der Waals surface area contributed by atoms with Gasteiger partial charge in [0, 0.05) is 47.8 Å². The number of fused-ring (bicyclic) bond motifs is 4. The van der Waals surface area contributed by atoms with Crippen LogP contribution in [0.3, 0.4) is 0 Å². The Bertz CT molecular complexity index is 1340. The molecule has 0 aromatic heterocycles. The zero-order valence-electron chi connectivity index (χ0n) is 20.3. The number of carbonyl (C=O) groups excluding carboxylic acids is 3. The van der Waals surface area contributed by atoms with E-state index in [0.29, 0.717) is 0 Å². The van der Waals surface area contributed by atoms with E-state index < -0.39 is 70.1 Å². The van der Waals surface area contributed by atoms with Gasteiger partial charge in [0.15, 0.2) is 11.6 Å². The third-order valence-electron chi connectivity index (χ3n) is 8.30. The molecule has 0 saturated heterocycles. The van der Waals surface area contributed by atoms with Gasteiger partial charge in [-0.1, -0.05) is 0 Å². The molecule has 5 rings (SSSR count). The highest BCUT2D eigenvalue weighted by molar-refractivity contribution is 7.22. The molecule has 4 aliphatic rings. The summed E-state index contributed by atoms with van der Waals surface area (Å²) in [6.07, 6.45) is 0.0685. The standard InChI is InChI=1S/C25H28F2N3O6P/c1-29(2)18-13-6-9-5-10-15(19(31)12-8-30(4-3-26)7-11(12)17(10)27)20(32)14(9)22(34)25(13,37)23(35)16(21(18)33)24(28)36/h9,13,18,31-32,35H,3-8,37H2,1-2H3,(H2,28,36)/t9-,13-,18-,25-/m0/s1. The second kappa shape index (κ2) is 8.58. The van der Waals surface area contributed by atoms with Gasteiger partial charge in [-0.3, -0.25) is 24.2 Å². The number of primary amides is 1. The first kappa shape index (κ1) is 25.8. The van der Waals surface area contributed by atoms with Crippen LogP contribution in [0, 0.1) is 17.7 Å². The van der Waals surface area contributed by atoms with E-state index in [9.17, 15) is 34.1 Å². The summed E-state index contributed by atoms with van der Waals surface area (Å²) in [5.74, 6) is -6.56. The maximum Gasteiger partial charge on any atom is 0.255 e. The number of amides is 1. The number of halogens is 2. The molecule has 12 heteroatoms. The Labute approximate surface area is 213 Å². The van der Waals surface area contributed by atoms with Crippen LogP contribution in [-0.4, -0.2) is 81.1 Å². The molecule has 198 valence electrons. The Morgan fingerprint density at radius 2 is 1.84 bits per heavy atom. The highest BCUT2D eigenvalue weighted by Gasteiger charge is 2.62. The number of nitrogens with two attached hydrogens (primary N) is 1. The number of phenolic OH excluding ortho intramolecular Hbond substituents is 1. The number of allylic oxidation sites excluding steroid dienone is 2. The van der Waals surface area contributed by atoms with Crippen LogP contribution in [0.25, 0.3) is 5.76 Å². The first-order chi connectivity index (χ1) is 17.4. The predicted octanol–water partition coefficient (Wildman–Crippen LogP) is 1.27.